The summed E-state index contributed by atoms with van der Waals surface area (Å²) in [6.45, 7) is 11.6. The molecular formula is C15H21NOS. The van der Waals surface area contributed by atoms with E-state index in [0.717, 1.165) is 21.8 Å². The summed E-state index contributed by atoms with van der Waals surface area (Å²) in [7, 11) is 0. The van der Waals surface area contributed by atoms with E-state index in [9.17, 15) is 5.11 Å². The van der Waals surface area contributed by atoms with Crippen molar-refractivity contribution in [2.24, 2.45) is 5.92 Å². The highest BCUT2D eigenvalue weighted by Crippen LogP contribution is 2.19. The van der Waals surface area contributed by atoms with E-state index in [1.54, 1.807) is 17.4 Å². The first-order valence-corrected chi connectivity index (χ1v) is 6.91. The monoisotopic (exact) mass is 263 g/mol. The molecule has 0 spiro atoms. The van der Waals surface area contributed by atoms with Crippen molar-refractivity contribution in [1.29, 1.82) is 0 Å². The lowest BCUT2D eigenvalue weighted by Gasteiger charge is -2.16. The molecule has 0 aromatic carbocycles. The van der Waals surface area contributed by atoms with Gasteiger partial charge in [0.2, 0.25) is 0 Å². The molecule has 0 bridgehead atoms. The Morgan fingerprint density at radius 1 is 1.50 bits per heavy atom. The van der Waals surface area contributed by atoms with Crippen LogP contribution in [0.15, 0.2) is 35.3 Å². The Hall–Kier alpha value is -1.19. The van der Waals surface area contributed by atoms with E-state index in [2.05, 4.69) is 11.6 Å². The average molecular weight is 263 g/mol. The first kappa shape index (κ1) is 14.9. The standard InChI is InChI=1S/C15H21NOS/c1-6-10(2)7-11(3)15(17)12(4)8-14-9-18-13(5)16-14/h6-9,11,15,17H,1H2,2-5H3/t11-,15+/m1/s1. The van der Waals surface area contributed by atoms with Crippen molar-refractivity contribution in [2.75, 3.05) is 0 Å². The number of nitrogens with zero attached hydrogens (tertiary/aromatic N) is 1. The highest BCUT2D eigenvalue weighted by molar-refractivity contribution is 7.09. The largest absolute Gasteiger partial charge is 0.388 e. The van der Waals surface area contributed by atoms with Crippen LogP contribution in [0.25, 0.3) is 6.08 Å². The second-order valence-electron chi connectivity index (χ2n) is 4.60. The first-order chi connectivity index (χ1) is 8.43. The van der Waals surface area contributed by atoms with Crippen LogP contribution in [-0.4, -0.2) is 16.2 Å². The van der Waals surface area contributed by atoms with Gasteiger partial charge in [-0.1, -0.05) is 31.2 Å². The summed E-state index contributed by atoms with van der Waals surface area (Å²) in [5.41, 5.74) is 2.94. The molecule has 1 heterocycles. The van der Waals surface area contributed by atoms with Gasteiger partial charge in [0.05, 0.1) is 16.8 Å². The van der Waals surface area contributed by atoms with Gasteiger partial charge in [0.1, 0.15) is 0 Å². The molecule has 2 atom stereocenters. The minimum atomic E-state index is -0.484. The molecule has 3 heteroatoms. The number of rotatable bonds is 5. The number of hydrogen-bond acceptors (Lipinski definition) is 3. The molecule has 0 saturated carbocycles. The van der Waals surface area contributed by atoms with Crippen molar-refractivity contribution >= 4 is 17.4 Å². The molecule has 0 radical (unpaired) electrons. The van der Waals surface area contributed by atoms with Gasteiger partial charge in [0.15, 0.2) is 0 Å². The lowest BCUT2D eigenvalue weighted by Crippen LogP contribution is -2.17. The van der Waals surface area contributed by atoms with Gasteiger partial charge in [-0.2, -0.15) is 0 Å². The third-order valence-electron chi connectivity index (χ3n) is 2.82. The molecule has 0 aliphatic heterocycles. The molecule has 0 fully saturated rings. The van der Waals surface area contributed by atoms with Crippen molar-refractivity contribution < 1.29 is 5.11 Å². The molecule has 0 aliphatic carbocycles. The first-order valence-electron chi connectivity index (χ1n) is 6.03. The maximum Gasteiger partial charge on any atom is 0.0901 e. The van der Waals surface area contributed by atoms with Gasteiger partial charge in [0, 0.05) is 11.3 Å². The van der Waals surface area contributed by atoms with Crippen LogP contribution in [0.5, 0.6) is 0 Å². The number of aryl methyl sites for hydroxylation is 1. The zero-order valence-electron chi connectivity index (χ0n) is 11.5. The van der Waals surface area contributed by atoms with E-state index in [-0.39, 0.29) is 5.92 Å². The van der Waals surface area contributed by atoms with Crippen molar-refractivity contribution in [3.8, 4) is 0 Å². The van der Waals surface area contributed by atoms with Gasteiger partial charge in [-0.15, -0.1) is 11.3 Å². The normalized spacial score (nSPS) is 16.5. The molecular weight excluding hydrogens is 242 g/mol. The van der Waals surface area contributed by atoms with Crippen LogP contribution in [0, 0.1) is 12.8 Å². The van der Waals surface area contributed by atoms with E-state index in [0.29, 0.717) is 0 Å². The summed E-state index contributed by atoms with van der Waals surface area (Å²) in [6.07, 6.45) is 5.29. The Balaban J connectivity index is 2.80. The number of thiazole rings is 1. The molecule has 0 aliphatic rings. The van der Waals surface area contributed by atoms with Crippen LogP contribution in [-0.2, 0) is 0 Å². The lowest BCUT2D eigenvalue weighted by molar-refractivity contribution is 0.174. The summed E-state index contributed by atoms with van der Waals surface area (Å²) in [4.78, 5) is 4.37. The Bertz CT molecular complexity index is 471. The van der Waals surface area contributed by atoms with Crippen LogP contribution in [0.2, 0.25) is 0 Å². The SMILES string of the molecule is C=CC(C)=C[C@@H](C)[C@H](O)C(C)=Cc1csc(C)n1. The second kappa shape index (κ2) is 6.66. The minimum absolute atomic E-state index is 0.0685. The van der Waals surface area contributed by atoms with Crippen molar-refractivity contribution in [1.82, 2.24) is 4.98 Å². The Morgan fingerprint density at radius 3 is 2.67 bits per heavy atom. The Labute approximate surface area is 113 Å². The molecule has 98 valence electrons. The Kier molecular flexibility index (Phi) is 5.51. The fourth-order valence-corrected chi connectivity index (χ4v) is 2.32. The number of allylic oxidation sites excluding steroid dienone is 2. The lowest BCUT2D eigenvalue weighted by atomic mass is 9.95. The second-order valence-corrected chi connectivity index (χ2v) is 5.66. The van der Waals surface area contributed by atoms with Crippen molar-refractivity contribution in [3.05, 3.63) is 46.0 Å². The van der Waals surface area contributed by atoms with Gasteiger partial charge < -0.3 is 5.11 Å². The van der Waals surface area contributed by atoms with Crippen LogP contribution in [0.4, 0.5) is 0 Å². The number of hydrogen-bond donors (Lipinski definition) is 1. The van der Waals surface area contributed by atoms with Crippen LogP contribution in [0.1, 0.15) is 31.5 Å². The zero-order chi connectivity index (χ0) is 13.7. The molecule has 0 saturated heterocycles. The van der Waals surface area contributed by atoms with Gasteiger partial charge in [-0.25, -0.2) is 4.98 Å². The van der Waals surface area contributed by atoms with Crippen molar-refractivity contribution in [3.63, 3.8) is 0 Å². The number of aliphatic hydroxyl groups excluding tert-OH is 1. The fraction of sp³-hybridized carbons (Fsp3) is 0.400. The van der Waals surface area contributed by atoms with Crippen molar-refractivity contribution in [2.45, 2.75) is 33.8 Å². The molecule has 1 N–H and O–H groups in total. The summed E-state index contributed by atoms with van der Waals surface area (Å²) in [5.74, 6) is 0.0685. The molecule has 1 rings (SSSR count). The maximum atomic E-state index is 10.2. The van der Waals surface area contributed by atoms with E-state index in [1.807, 2.05) is 45.2 Å². The van der Waals surface area contributed by atoms with E-state index in [1.165, 1.54) is 0 Å². The number of aromatic nitrogens is 1. The zero-order valence-corrected chi connectivity index (χ0v) is 12.3. The highest BCUT2D eigenvalue weighted by atomic mass is 32.1. The number of aliphatic hydroxyl groups is 1. The van der Waals surface area contributed by atoms with Gasteiger partial charge in [-0.05, 0) is 32.4 Å². The molecule has 2 nitrogen and oxygen atoms in total. The third-order valence-corrected chi connectivity index (χ3v) is 3.62. The van der Waals surface area contributed by atoms with E-state index >= 15 is 0 Å². The predicted octanol–water partition coefficient (Wildman–Crippen LogP) is 3.98. The molecule has 1 aromatic rings. The summed E-state index contributed by atoms with van der Waals surface area (Å²) in [6, 6.07) is 0. The molecule has 0 unspecified atom stereocenters. The fourth-order valence-electron chi connectivity index (χ4n) is 1.75. The van der Waals surface area contributed by atoms with E-state index < -0.39 is 6.10 Å². The van der Waals surface area contributed by atoms with Gasteiger partial charge in [0.25, 0.3) is 0 Å². The minimum Gasteiger partial charge on any atom is -0.388 e. The third kappa shape index (κ3) is 4.24. The highest BCUT2D eigenvalue weighted by Gasteiger charge is 2.14. The predicted molar refractivity (Wildman–Crippen MR) is 79.6 cm³/mol. The molecule has 18 heavy (non-hydrogen) atoms. The van der Waals surface area contributed by atoms with E-state index in [4.69, 9.17) is 0 Å². The maximum absolute atomic E-state index is 10.2. The van der Waals surface area contributed by atoms with Crippen LogP contribution >= 0.6 is 11.3 Å². The van der Waals surface area contributed by atoms with Gasteiger partial charge in [-0.3, -0.25) is 0 Å². The summed E-state index contributed by atoms with van der Waals surface area (Å²) in [5, 5.41) is 13.3. The summed E-state index contributed by atoms with van der Waals surface area (Å²) < 4.78 is 0. The smallest absolute Gasteiger partial charge is 0.0901 e. The Morgan fingerprint density at radius 2 is 2.17 bits per heavy atom. The van der Waals surface area contributed by atoms with Gasteiger partial charge >= 0.3 is 0 Å². The van der Waals surface area contributed by atoms with Crippen LogP contribution < -0.4 is 0 Å². The average Bonchev–Trinajstić information content (AvgIpc) is 2.73. The summed E-state index contributed by atoms with van der Waals surface area (Å²) >= 11 is 1.62. The van der Waals surface area contributed by atoms with Crippen LogP contribution in [0.3, 0.4) is 0 Å². The quantitative estimate of drug-likeness (QED) is 0.815. The molecule has 0 amide bonds. The topological polar surface area (TPSA) is 33.1 Å². The molecule has 1 aromatic heterocycles.